The second kappa shape index (κ2) is 7.17. The quantitative estimate of drug-likeness (QED) is 0.803. The summed E-state index contributed by atoms with van der Waals surface area (Å²) in [6, 6.07) is 1.87. The molecule has 1 aliphatic carbocycles. The molecule has 1 heterocycles. The van der Waals surface area contributed by atoms with Crippen LogP contribution >= 0.6 is 0 Å². The molecule has 1 aliphatic heterocycles. The Morgan fingerprint density at radius 1 is 1.15 bits per heavy atom. The van der Waals surface area contributed by atoms with Crippen LogP contribution in [0.2, 0.25) is 0 Å². The summed E-state index contributed by atoms with van der Waals surface area (Å²) in [5.74, 6) is -3.15. The van der Waals surface area contributed by atoms with Gasteiger partial charge in [-0.1, -0.05) is 27.2 Å². The lowest BCUT2D eigenvalue weighted by molar-refractivity contribution is -0.152. The third-order valence-electron chi connectivity index (χ3n) is 5.38. The molecule has 0 aromatic heterocycles. The van der Waals surface area contributed by atoms with Crippen LogP contribution in [0.5, 0.6) is 11.5 Å². The Bertz CT molecular complexity index is 726. The van der Waals surface area contributed by atoms with Crippen LogP contribution in [0.1, 0.15) is 62.6 Å². The topological polar surface area (TPSA) is 93.1 Å². The summed E-state index contributed by atoms with van der Waals surface area (Å²) in [6.07, 6.45) is 3.29. The summed E-state index contributed by atoms with van der Waals surface area (Å²) in [4.78, 5) is 23.9. The molecule has 3 rings (SSSR count). The Hall–Kier alpha value is -2.24. The number of carboxylic acids is 2. The third kappa shape index (κ3) is 3.02. The van der Waals surface area contributed by atoms with Crippen LogP contribution < -0.4 is 9.47 Å². The van der Waals surface area contributed by atoms with E-state index in [9.17, 15) is 19.8 Å². The molecule has 26 heavy (non-hydrogen) atoms. The molecule has 4 atom stereocenters. The van der Waals surface area contributed by atoms with Gasteiger partial charge in [0.25, 0.3) is 0 Å². The molecule has 0 fully saturated rings. The van der Waals surface area contributed by atoms with Crippen LogP contribution in [-0.4, -0.2) is 28.4 Å². The number of hydrogen-bond donors (Lipinski definition) is 2. The Morgan fingerprint density at radius 3 is 2.46 bits per heavy atom. The Morgan fingerprint density at radius 2 is 1.88 bits per heavy atom. The fourth-order valence-electron chi connectivity index (χ4n) is 4.33. The van der Waals surface area contributed by atoms with Crippen molar-refractivity contribution >= 4 is 11.9 Å². The highest BCUT2D eigenvalue weighted by molar-refractivity contribution is 5.87. The molecule has 0 radical (unpaired) electrons. The first-order valence-corrected chi connectivity index (χ1v) is 9.36. The van der Waals surface area contributed by atoms with Crippen LogP contribution in [0.3, 0.4) is 0 Å². The molecule has 0 saturated heterocycles. The average Bonchev–Trinajstić information content (AvgIpc) is 2.95. The van der Waals surface area contributed by atoms with Crippen molar-refractivity contribution in [3.8, 4) is 11.5 Å². The molecule has 0 saturated carbocycles. The fraction of sp³-hybridized carbons (Fsp3) is 0.600. The van der Waals surface area contributed by atoms with Gasteiger partial charge in [-0.3, -0.25) is 9.59 Å². The van der Waals surface area contributed by atoms with E-state index in [0.717, 1.165) is 30.4 Å². The standard InChI is InChI=1S/C20H26O6/c1-4-6-12-16-11(9-13-18(12)26-14(25-13)7-5-2)8-10(3)15(19(21)22)17(16)20(23)24/h9-10,14-15,17H,4-8H2,1-3H3,(H,21,22)(H,23,24). The van der Waals surface area contributed by atoms with Crippen LogP contribution in [0.15, 0.2) is 6.07 Å². The van der Waals surface area contributed by atoms with E-state index in [1.54, 1.807) is 0 Å². The molecule has 142 valence electrons. The number of rotatable bonds is 6. The molecular weight excluding hydrogens is 336 g/mol. The van der Waals surface area contributed by atoms with Crippen molar-refractivity contribution < 1.29 is 29.3 Å². The lowest BCUT2D eigenvalue weighted by atomic mass is 9.67. The first-order valence-electron chi connectivity index (χ1n) is 9.36. The van der Waals surface area contributed by atoms with Crippen LogP contribution in [0.4, 0.5) is 0 Å². The average molecular weight is 362 g/mol. The Kier molecular flexibility index (Phi) is 5.12. The van der Waals surface area contributed by atoms with Gasteiger partial charge in [0.15, 0.2) is 11.5 Å². The minimum atomic E-state index is -1.09. The van der Waals surface area contributed by atoms with E-state index in [4.69, 9.17) is 9.47 Å². The Balaban J connectivity index is 2.17. The van der Waals surface area contributed by atoms with Gasteiger partial charge in [0.05, 0.1) is 11.8 Å². The number of ether oxygens (including phenoxy) is 2. The zero-order valence-electron chi connectivity index (χ0n) is 15.4. The van der Waals surface area contributed by atoms with E-state index in [0.29, 0.717) is 29.9 Å². The Labute approximate surface area is 153 Å². The van der Waals surface area contributed by atoms with Crippen LogP contribution in [0.25, 0.3) is 0 Å². The van der Waals surface area contributed by atoms with Crippen molar-refractivity contribution in [2.75, 3.05) is 0 Å². The monoisotopic (exact) mass is 362 g/mol. The summed E-state index contributed by atoms with van der Waals surface area (Å²) in [5.41, 5.74) is 2.32. The van der Waals surface area contributed by atoms with Gasteiger partial charge in [-0.05, 0) is 42.4 Å². The van der Waals surface area contributed by atoms with E-state index in [2.05, 4.69) is 0 Å². The van der Waals surface area contributed by atoms with Gasteiger partial charge in [-0.2, -0.15) is 0 Å². The van der Waals surface area contributed by atoms with E-state index in [1.807, 2.05) is 26.8 Å². The number of hydrogen-bond acceptors (Lipinski definition) is 4. The maximum absolute atomic E-state index is 12.1. The van der Waals surface area contributed by atoms with E-state index in [-0.39, 0.29) is 12.2 Å². The largest absolute Gasteiger partial charge is 0.481 e. The van der Waals surface area contributed by atoms with E-state index >= 15 is 0 Å². The normalized spacial score (nSPS) is 26.4. The summed E-state index contributed by atoms with van der Waals surface area (Å²) >= 11 is 0. The molecule has 4 unspecified atom stereocenters. The van der Waals surface area contributed by atoms with Gasteiger partial charge < -0.3 is 19.7 Å². The van der Waals surface area contributed by atoms with Gasteiger partial charge in [0, 0.05) is 12.0 Å². The minimum absolute atomic E-state index is 0.262. The number of carbonyl (C=O) groups is 2. The van der Waals surface area contributed by atoms with E-state index < -0.39 is 23.8 Å². The van der Waals surface area contributed by atoms with Crippen molar-refractivity contribution in [2.24, 2.45) is 11.8 Å². The number of benzene rings is 1. The van der Waals surface area contributed by atoms with Gasteiger partial charge in [-0.15, -0.1) is 0 Å². The molecule has 2 N–H and O–H groups in total. The van der Waals surface area contributed by atoms with E-state index in [1.165, 1.54) is 0 Å². The zero-order chi connectivity index (χ0) is 19.0. The third-order valence-corrected chi connectivity index (χ3v) is 5.38. The molecular formula is C20H26O6. The summed E-state index contributed by atoms with van der Waals surface area (Å²) in [6.45, 7) is 5.87. The maximum atomic E-state index is 12.1. The number of carboxylic acid groups (broad SMARTS) is 2. The lowest BCUT2D eigenvalue weighted by Crippen LogP contribution is -2.38. The highest BCUT2D eigenvalue weighted by Gasteiger charge is 2.46. The molecule has 1 aromatic carbocycles. The van der Waals surface area contributed by atoms with Gasteiger partial charge >= 0.3 is 11.9 Å². The smallest absolute Gasteiger partial charge is 0.311 e. The second-order valence-electron chi connectivity index (χ2n) is 7.32. The van der Waals surface area contributed by atoms with Gasteiger partial charge in [-0.25, -0.2) is 0 Å². The molecule has 0 spiro atoms. The van der Waals surface area contributed by atoms with Crippen molar-refractivity contribution in [3.63, 3.8) is 0 Å². The van der Waals surface area contributed by atoms with Crippen LogP contribution in [0, 0.1) is 11.8 Å². The maximum Gasteiger partial charge on any atom is 0.311 e. The van der Waals surface area contributed by atoms with Crippen molar-refractivity contribution in [2.45, 2.75) is 65.1 Å². The highest BCUT2D eigenvalue weighted by atomic mass is 16.7. The summed E-state index contributed by atoms with van der Waals surface area (Å²) in [5, 5.41) is 19.5. The fourth-order valence-corrected chi connectivity index (χ4v) is 4.33. The predicted molar refractivity (Wildman–Crippen MR) is 94.8 cm³/mol. The number of fused-ring (bicyclic) bond motifs is 2. The SMILES string of the molecule is CCCc1c2c(cc3c1C(C(=O)O)C(C(=O)O)C(C)C3)OC(CCC)O2. The molecule has 2 aliphatic rings. The van der Waals surface area contributed by atoms with Gasteiger partial charge in [0.2, 0.25) is 6.29 Å². The van der Waals surface area contributed by atoms with Crippen LogP contribution in [-0.2, 0) is 22.4 Å². The van der Waals surface area contributed by atoms with Gasteiger partial charge in [0.1, 0.15) is 0 Å². The molecule has 6 heteroatoms. The molecule has 0 amide bonds. The predicted octanol–water partition coefficient (Wildman–Crippen LogP) is 3.60. The number of aliphatic carboxylic acids is 2. The first-order chi connectivity index (χ1) is 12.4. The second-order valence-corrected chi connectivity index (χ2v) is 7.32. The minimum Gasteiger partial charge on any atom is -0.481 e. The summed E-state index contributed by atoms with van der Waals surface area (Å²) in [7, 11) is 0. The molecule has 0 bridgehead atoms. The van der Waals surface area contributed by atoms with Crippen molar-refractivity contribution in [3.05, 3.63) is 22.8 Å². The van der Waals surface area contributed by atoms with Crippen molar-refractivity contribution in [1.29, 1.82) is 0 Å². The first kappa shape index (κ1) is 18.5. The van der Waals surface area contributed by atoms with Crippen molar-refractivity contribution in [1.82, 2.24) is 0 Å². The summed E-state index contributed by atoms with van der Waals surface area (Å²) < 4.78 is 11.9. The highest BCUT2D eigenvalue weighted by Crippen LogP contribution is 2.50. The molecule has 6 nitrogen and oxygen atoms in total. The lowest BCUT2D eigenvalue weighted by Gasteiger charge is -2.35. The zero-order valence-corrected chi connectivity index (χ0v) is 15.4. The molecule has 1 aromatic rings.